The first kappa shape index (κ1) is 22.6. The van der Waals surface area contributed by atoms with Crippen molar-refractivity contribution in [2.45, 2.75) is 19.0 Å². The van der Waals surface area contributed by atoms with Gasteiger partial charge in [0.05, 0.1) is 23.9 Å². The standard InChI is InChI=1S/C26H21BrFN3O2S/c1-2-32-18-9-7-17(8-10-18)31-25(24(30-26(31)34)21-5-3-4-14-29-21)23-13-12-22(33-23)19-11-6-16(27)15-20(19)28/h3-15,24-25H,2H2,1H3,(H,30,34)/t24-,25+/m0/s1. The summed E-state index contributed by atoms with van der Waals surface area (Å²) in [5.74, 6) is 1.52. The van der Waals surface area contributed by atoms with E-state index in [0.717, 1.165) is 17.1 Å². The highest BCUT2D eigenvalue weighted by molar-refractivity contribution is 9.10. The van der Waals surface area contributed by atoms with Gasteiger partial charge in [0.15, 0.2) is 5.11 Å². The molecular weight excluding hydrogens is 517 g/mol. The number of aromatic nitrogens is 1. The van der Waals surface area contributed by atoms with Crippen molar-refractivity contribution in [2.75, 3.05) is 11.5 Å². The van der Waals surface area contributed by atoms with Crippen molar-refractivity contribution in [2.24, 2.45) is 0 Å². The first-order valence-electron chi connectivity index (χ1n) is 10.8. The van der Waals surface area contributed by atoms with Crippen LogP contribution in [0.1, 0.15) is 30.5 Å². The van der Waals surface area contributed by atoms with Gasteiger partial charge in [0.1, 0.15) is 29.1 Å². The molecule has 0 amide bonds. The molecule has 2 atom stereocenters. The Kier molecular flexibility index (Phi) is 6.34. The minimum Gasteiger partial charge on any atom is -0.494 e. The van der Waals surface area contributed by atoms with E-state index in [1.807, 2.05) is 60.4 Å². The van der Waals surface area contributed by atoms with Crippen molar-refractivity contribution < 1.29 is 13.5 Å². The molecule has 0 unspecified atom stereocenters. The van der Waals surface area contributed by atoms with Gasteiger partial charge in [-0.15, -0.1) is 0 Å². The molecule has 5 rings (SSSR count). The Hall–Kier alpha value is -3.23. The average Bonchev–Trinajstić information content (AvgIpc) is 3.45. The van der Waals surface area contributed by atoms with E-state index in [-0.39, 0.29) is 17.9 Å². The highest BCUT2D eigenvalue weighted by atomic mass is 79.9. The van der Waals surface area contributed by atoms with Crippen LogP contribution in [0.4, 0.5) is 10.1 Å². The Morgan fingerprint density at radius 2 is 1.94 bits per heavy atom. The lowest BCUT2D eigenvalue weighted by Crippen LogP contribution is -2.29. The number of anilines is 1. The van der Waals surface area contributed by atoms with E-state index in [9.17, 15) is 4.39 Å². The number of rotatable bonds is 6. The Morgan fingerprint density at radius 3 is 2.65 bits per heavy atom. The summed E-state index contributed by atoms with van der Waals surface area (Å²) in [6.07, 6.45) is 1.75. The molecule has 0 radical (unpaired) electrons. The van der Waals surface area contributed by atoms with Crippen molar-refractivity contribution >= 4 is 38.9 Å². The summed E-state index contributed by atoms with van der Waals surface area (Å²) in [6, 6.07) is 21.5. The first-order valence-corrected chi connectivity index (χ1v) is 12.0. The number of halogens is 2. The van der Waals surface area contributed by atoms with Gasteiger partial charge in [0.25, 0.3) is 0 Å². The number of pyridine rings is 1. The lowest BCUT2D eigenvalue weighted by atomic mass is 10.0. The van der Waals surface area contributed by atoms with Crippen LogP contribution < -0.4 is 15.0 Å². The molecule has 1 aliphatic rings. The van der Waals surface area contributed by atoms with Crippen LogP contribution in [0.3, 0.4) is 0 Å². The first-order chi connectivity index (χ1) is 16.5. The molecule has 0 aliphatic carbocycles. The zero-order chi connectivity index (χ0) is 23.7. The van der Waals surface area contributed by atoms with Crippen molar-refractivity contribution in [1.82, 2.24) is 10.3 Å². The van der Waals surface area contributed by atoms with Crippen LogP contribution in [0.2, 0.25) is 0 Å². The monoisotopic (exact) mass is 537 g/mol. The minimum atomic E-state index is -0.361. The Bertz CT molecular complexity index is 1310. The van der Waals surface area contributed by atoms with Crippen molar-refractivity contribution in [3.05, 3.63) is 101 Å². The minimum absolute atomic E-state index is 0.256. The number of thiocarbonyl (C=S) groups is 1. The molecule has 1 saturated heterocycles. The molecule has 0 bridgehead atoms. The smallest absolute Gasteiger partial charge is 0.174 e. The van der Waals surface area contributed by atoms with Gasteiger partial charge in [-0.3, -0.25) is 4.98 Å². The van der Waals surface area contributed by atoms with Crippen LogP contribution in [-0.4, -0.2) is 16.7 Å². The van der Waals surface area contributed by atoms with Gasteiger partial charge in [-0.25, -0.2) is 4.39 Å². The fraction of sp³-hybridized carbons (Fsp3) is 0.154. The number of ether oxygens (including phenoxy) is 1. The predicted molar refractivity (Wildman–Crippen MR) is 137 cm³/mol. The van der Waals surface area contributed by atoms with E-state index in [0.29, 0.717) is 33.3 Å². The number of benzene rings is 2. The van der Waals surface area contributed by atoms with Gasteiger partial charge < -0.3 is 19.4 Å². The summed E-state index contributed by atoms with van der Waals surface area (Å²) in [5.41, 5.74) is 2.11. The maximum Gasteiger partial charge on any atom is 0.174 e. The summed E-state index contributed by atoms with van der Waals surface area (Å²) in [5, 5.41) is 3.95. The molecule has 2 aromatic carbocycles. The van der Waals surface area contributed by atoms with E-state index in [1.165, 1.54) is 6.07 Å². The summed E-state index contributed by atoms with van der Waals surface area (Å²) in [7, 11) is 0. The molecule has 8 heteroatoms. The van der Waals surface area contributed by atoms with E-state index < -0.39 is 0 Å². The van der Waals surface area contributed by atoms with Crippen LogP contribution >= 0.6 is 28.1 Å². The lowest BCUT2D eigenvalue weighted by Gasteiger charge is -2.26. The number of furan rings is 1. The Labute approximate surface area is 210 Å². The zero-order valence-corrected chi connectivity index (χ0v) is 20.6. The fourth-order valence-electron chi connectivity index (χ4n) is 4.14. The van der Waals surface area contributed by atoms with E-state index >= 15 is 0 Å². The highest BCUT2D eigenvalue weighted by Crippen LogP contribution is 2.43. The maximum atomic E-state index is 14.6. The predicted octanol–water partition coefficient (Wildman–Crippen LogP) is 6.82. The number of hydrogen-bond acceptors (Lipinski definition) is 4. The maximum absolute atomic E-state index is 14.6. The van der Waals surface area contributed by atoms with Crippen LogP contribution in [0.25, 0.3) is 11.3 Å². The van der Waals surface area contributed by atoms with E-state index in [2.05, 4.69) is 26.2 Å². The van der Waals surface area contributed by atoms with Gasteiger partial charge in [-0.05, 0) is 85.9 Å². The molecule has 5 nitrogen and oxygen atoms in total. The molecular formula is C26H21BrFN3O2S. The Balaban J connectivity index is 1.57. The SMILES string of the molecule is CCOc1ccc(N2C(=S)N[C@@H](c3ccccn3)[C@H]2c2ccc(-c3ccc(Br)cc3F)o2)cc1. The molecule has 0 saturated carbocycles. The molecule has 1 fully saturated rings. The lowest BCUT2D eigenvalue weighted by molar-refractivity contribution is 0.340. The molecule has 1 N–H and O–H groups in total. The molecule has 4 aromatic rings. The molecule has 172 valence electrons. The van der Waals surface area contributed by atoms with Crippen LogP contribution in [0.5, 0.6) is 5.75 Å². The largest absolute Gasteiger partial charge is 0.494 e. The zero-order valence-electron chi connectivity index (χ0n) is 18.2. The molecule has 2 aromatic heterocycles. The molecule has 1 aliphatic heterocycles. The number of hydrogen-bond donors (Lipinski definition) is 1. The van der Waals surface area contributed by atoms with Gasteiger partial charge in [-0.2, -0.15) is 0 Å². The van der Waals surface area contributed by atoms with Crippen LogP contribution in [0.15, 0.2) is 87.9 Å². The summed E-state index contributed by atoms with van der Waals surface area (Å²) in [6.45, 7) is 2.54. The molecule has 0 spiro atoms. The fourth-order valence-corrected chi connectivity index (χ4v) is 4.82. The van der Waals surface area contributed by atoms with Gasteiger partial charge >= 0.3 is 0 Å². The van der Waals surface area contributed by atoms with Gasteiger partial charge in [0, 0.05) is 16.4 Å². The summed E-state index contributed by atoms with van der Waals surface area (Å²) in [4.78, 5) is 6.56. The summed E-state index contributed by atoms with van der Waals surface area (Å²) >= 11 is 9.05. The second kappa shape index (κ2) is 9.56. The normalized spacial score (nSPS) is 17.6. The van der Waals surface area contributed by atoms with Crippen molar-refractivity contribution in [3.63, 3.8) is 0 Å². The number of nitrogens with one attached hydrogen (secondary N) is 1. The molecule has 34 heavy (non-hydrogen) atoms. The van der Waals surface area contributed by atoms with Crippen molar-refractivity contribution in [3.8, 4) is 17.1 Å². The summed E-state index contributed by atoms with van der Waals surface area (Å²) < 4.78 is 27.1. The quantitative estimate of drug-likeness (QED) is 0.272. The number of nitrogens with zero attached hydrogens (tertiary/aromatic N) is 2. The van der Waals surface area contributed by atoms with Crippen LogP contribution in [-0.2, 0) is 0 Å². The van der Waals surface area contributed by atoms with Crippen LogP contribution in [0, 0.1) is 5.82 Å². The third-order valence-electron chi connectivity index (χ3n) is 5.64. The van der Waals surface area contributed by atoms with E-state index in [1.54, 1.807) is 24.4 Å². The second-order valence-corrected chi connectivity index (χ2v) is 9.05. The Morgan fingerprint density at radius 1 is 1.12 bits per heavy atom. The van der Waals surface area contributed by atoms with Crippen molar-refractivity contribution in [1.29, 1.82) is 0 Å². The van der Waals surface area contributed by atoms with Gasteiger partial charge in [0.2, 0.25) is 0 Å². The van der Waals surface area contributed by atoms with Gasteiger partial charge in [-0.1, -0.05) is 22.0 Å². The highest BCUT2D eigenvalue weighted by Gasteiger charge is 2.42. The second-order valence-electron chi connectivity index (χ2n) is 7.75. The molecule has 3 heterocycles. The third kappa shape index (κ3) is 4.31. The topological polar surface area (TPSA) is 50.5 Å². The average molecular weight is 538 g/mol. The third-order valence-corrected chi connectivity index (χ3v) is 6.45. The van der Waals surface area contributed by atoms with E-state index in [4.69, 9.17) is 21.4 Å².